The second-order valence-corrected chi connectivity index (χ2v) is 7.11. The SMILES string of the molecule is C=C/C(F)=C\C(=C)CCC1CCC(C2CCCCC2)CC1. The van der Waals surface area contributed by atoms with Gasteiger partial charge in [0.25, 0.3) is 0 Å². The van der Waals surface area contributed by atoms with Crippen LogP contribution in [0.25, 0.3) is 0 Å². The van der Waals surface area contributed by atoms with Gasteiger partial charge in [-0.25, -0.2) is 4.39 Å². The zero-order valence-corrected chi connectivity index (χ0v) is 13.5. The third-order valence-corrected chi connectivity index (χ3v) is 5.62. The minimum atomic E-state index is -0.263. The van der Waals surface area contributed by atoms with E-state index >= 15 is 0 Å². The van der Waals surface area contributed by atoms with Gasteiger partial charge >= 0.3 is 0 Å². The van der Waals surface area contributed by atoms with Crippen LogP contribution in [0, 0.1) is 17.8 Å². The Labute approximate surface area is 130 Å². The van der Waals surface area contributed by atoms with Crippen LogP contribution in [0.5, 0.6) is 0 Å². The molecule has 0 aromatic heterocycles. The van der Waals surface area contributed by atoms with Crippen molar-refractivity contribution < 1.29 is 4.39 Å². The zero-order chi connectivity index (χ0) is 15.1. The molecule has 0 unspecified atom stereocenters. The molecule has 0 aliphatic heterocycles. The highest BCUT2D eigenvalue weighted by atomic mass is 19.1. The molecule has 0 spiro atoms. The molecule has 0 heterocycles. The third kappa shape index (κ3) is 5.45. The fourth-order valence-electron chi connectivity index (χ4n) is 4.27. The maximum Gasteiger partial charge on any atom is 0.122 e. The van der Waals surface area contributed by atoms with E-state index in [1.54, 1.807) is 0 Å². The first kappa shape index (κ1) is 16.5. The smallest absolute Gasteiger partial charge is 0.122 e. The summed E-state index contributed by atoms with van der Waals surface area (Å²) >= 11 is 0. The van der Waals surface area contributed by atoms with E-state index in [4.69, 9.17) is 0 Å². The first-order valence-corrected chi connectivity index (χ1v) is 8.86. The highest BCUT2D eigenvalue weighted by molar-refractivity contribution is 5.22. The van der Waals surface area contributed by atoms with Gasteiger partial charge in [-0.2, -0.15) is 0 Å². The van der Waals surface area contributed by atoms with Crippen molar-refractivity contribution >= 4 is 0 Å². The number of rotatable bonds is 6. The summed E-state index contributed by atoms with van der Waals surface area (Å²) in [5.41, 5.74) is 0.904. The molecule has 0 amide bonds. The molecule has 0 bridgehead atoms. The number of allylic oxidation sites excluding steroid dienone is 4. The normalized spacial score (nSPS) is 28.3. The molecule has 118 valence electrons. The molecule has 2 fully saturated rings. The molecule has 21 heavy (non-hydrogen) atoms. The van der Waals surface area contributed by atoms with Crippen LogP contribution in [0.15, 0.2) is 36.7 Å². The summed E-state index contributed by atoms with van der Waals surface area (Å²) in [6.45, 7) is 7.38. The van der Waals surface area contributed by atoms with Gasteiger partial charge in [-0.3, -0.25) is 0 Å². The molecule has 0 aromatic rings. The van der Waals surface area contributed by atoms with E-state index in [1.807, 2.05) is 0 Å². The molecule has 0 aromatic carbocycles. The zero-order valence-electron chi connectivity index (χ0n) is 13.5. The Morgan fingerprint density at radius 3 is 2.19 bits per heavy atom. The van der Waals surface area contributed by atoms with Crippen LogP contribution in [-0.2, 0) is 0 Å². The van der Waals surface area contributed by atoms with E-state index < -0.39 is 0 Å². The predicted octanol–water partition coefficient (Wildman–Crippen LogP) is 6.75. The summed E-state index contributed by atoms with van der Waals surface area (Å²) in [6, 6.07) is 0. The van der Waals surface area contributed by atoms with Crippen molar-refractivity contribution in [2.24, 2.45) is 17.8 Å². The van der Waals surface area contributed by atoms with E-state index in [-0.39, 0.29) is 5.83 Å². The lowest BCUT2D eigenvalue weighted by atomic mass is 9.70. The van der Waals surface area contributed by atoms with Gasteiger partial charge < -0.3 is 0 Å². The van der Waals surface area contributed by atoms with E-state index in [1.165, 1.54) is 76.4 Å². The van der Waals surface area contributed by atoms with Gasteiger partial charge in [0.2, 0.25) is 0 Å². The van der Waals surface area contributed by atoms with Crippen molar-refractivity contribution in [1.29, 1.82) is 0 Å². The van der Waals surface area contributed by atoms with Crippen LogP contribution in [0.3, 0.4) is 0 Å². The fraction of sp³-hybridized carbons (Fsp3) is 0.700. The van der Waals surface area contributed by atoms with Crippen molar-refractivity contribution in [2.75, 3.05) is 0 Å². The van der Waals surface area contributed by atoms with Gasteiger partial charge in [-0.15, -0.1) is 0 Å². The average molecular weight is 290 g/mol. The lowest BCUT2D eigenvalue weighted by molar-refractivity contribution is 0.164. The van der Waals surface area contributed by atoms with Crippen LogP contribution < -0.4 is 0 Å². The third-order valence-electron chi connectivity index (χ3n) is 5.62. The second kappa shape index (κ2) is 8.56. The van der Waals surface area contributed by atoms with Gasteiger partial charge in [-0.1, -0.05) is 63.7 Å². The van der Waals surface area contributed by atoms with Crippen molar-refractivity contribution in [1.82, 2.24) is 0 Å². The Morgan fingerprint density at radius 2 is 1.57 bits per heavy atom. The van der Waals surface area contributed by atoms with E-state index in [2.05, 4.69) is 13.2 Å². The highest BCUT2D eigenvalue weighted by Gasteiger charge is 2.28. The molecule has 2 aliphatic carbocycles. The number of hydrogen-bond acceptors (Lipinski definition) is 0. The largest absolute Gasteiger partial charge is 0.207 e. The Morgan fingerprint density at radius 1 is 0.952 bits per heavy atom. The maximum absolute atomic E-state index is 13.1. The summed E-state index contributed by atoms with van der Waals surface area (Å²) in [5.74, 6) is 2.60. The quantitative estimate of drug-likeness (QED) is 0.475. The minimum absolute atomic E-state index is 0.263. The summed E-state index contributed by atoms with van der Waals surface area (Å²) in [7, 11) is 0. The lowest BCUT2D eigenvalue weighted by Crippen LogP contribution is -2.23. The summed E-state index contributed by atoms with van der Waals surface area (Å²) in [5, 5.41) is 0. The molecule has 0 N–H and O–H groups in total. The topological polar surface area (TPSA) is 0 Å². The van der Waals surface area contributed by atoms with Crippen molar-refractivity contribution in [3.63, 3.8) is 0 Å². The van der Waals surface area contributed by atoms with Crippen molar-refractivity contribution in [2.45, 2.75) is 70.6 Å². The molecule has 0 saturated heterocycles. The van der Waals surface area contributed by atoms with Crippen LogP contribution in [-0.4, -0.2) is 0 Å². The molecule has 2 saturated carbocycles. The average Bonchev–Trinajstić information content (AvgIpc) is 2.54. The maximum atomic E-state index is 13.1. The Bertz CT molecular complexity index is 365. The van der Waals surface area contributed by atoms with Gasteiger partial charge in [0.1, 0.15) is 5.83 Å². The van der Waals surface area contributed by atoms with Crippen LogP contribution >= 0.6 is 0 Å². The number of hydrogen-bond donors (Lipinski definition) is 0. The van der Waals surface area contributed by atoms with E-state index in [9.17, 15) is 4.39 Å². The molecular weight excluding hydrogens is 259 g/mol. The minimum Gasteiger partial charge on any atom is -0.207 e. The van der Waals surface area contributed by atoms with Gasteiger partial charge in [0.15, 0.2) is 0 Å². The van der Waals surface area contributed by atoms with Crippen molar-refractivity contribution in [3.8, 4) is 0 Å². The highest BCUT2D eigenvalue weighted by Crippen LogP contribution is 2.41. The predicted molar refractivity (Wildman–Crippen MR) is 89.8 cm³/mol. The van der Waals surface area contributed by atoms with E-state index in [0.29, 0.717) is 0 Å². The van der Waals surface area contributed by atoms with Gasteiger partial charge in [0.05, 0.1) is 0 Å². The Balaban J connectivity index is 1.67. The van der Waals surface area contributed by atoms with Gasteiger partial charge in [0, 0.05) is 0 Å². The monoisotopic (exact) mass is 290 g/mol. The lowest BCUT2D eigenvalue weighted by Gasteiger charge is -2.36. The molecule has 0 atom stereocenters. The van der Waals surface area contributed by atoms with Crippen LogP contribution in [0.1, 0.15) is 70.6 Å². The molecule has 0 nitrogen and oxygen atoms in total. The molecule has 2 rings (SSSR count). The summed E-state index contributed by atoms with van der Waals surface area (Å²) in [6.07, 6.45) is 17.9. The molecule has 1 heteroatoms. The summed E-state index contributed by atoms with van der Waals surface area (Å²) in [4.78, 5) is 0. The second-order valence-electron chi connectivity index (χ2n) is 7.11. The van der Waals surface area contributed by atoms with Crippen LogP contribution in [0.2, 0.25) is 0 Å². The Hall–Kier alpha value is -0.850. The van der Waals surface area contributed by atoms with Gasteiger partial charge in [-0.05, 0) is 55.6 Å². The fourth-order valence-corrected chi connectivity index (χ4v) is 4.27. The molecular formula is C20H31F. The summed E-state index contributed by atoms with van der Waals surface area (Å²) < 4.78 is 13.1. The molecule has 2 aliphatic rings. The molecule has 0 radical (unpaired) electrons. The first-order valence-electron chi connectivity index (χ1n) is 8.86. The Kier molecular flexibility index (Phi) is 6.73. The standard InChI is InChI=1S/C20H31F/c1-3-20(21)15-16(2)9-10-17-11-13-19(14-12-17)18-7-5-4-6-8-18/h3,15,17-19H,1-2,4-14H2/b20-15+. The number of halogens is 1. The van der Waals surface area contributed by atoms with E-state index in [0.717, 1.165) is 29.7 Å². The first-order chi connectivity index (χ1) is 10.2. The van der Waals surface area contributed by atoms with Crippen LogP contribution in [0.4, 0.5) is 4.39 Å². The van der Waals surface area contributed by atoms with Crippen molar-refractivity contribution in [3.05, 3.63) is 36.7 Å².